The number of nitrogens with one attached hydrogen (secondary N) is 1. The van der Waals surface area contributed by atoms with Crippen molar-refractivity contribution in [1.82, 2.24) is 8.61 Å². The van der Waals surface area contributed by atoms with Crippen molar-refractivity contribution in [2.45, 2.75) is 22.6 Å². The van der Waals surface area contributed by atoms with Gasteiger partial charge in [-0.1, -0.05) is 0 Å². The fourth-order valence-electron chi connectivity index (χ4n) is 3.44. The molecule has 0 saturated carbocycles. The molecule has 1 aliphatic rings. The first kappa shape index (κ1) is 24.2. The summed E-state index contributed by atoms with van der Waals surface area (Å²) in [5.41, 5.74) is 0.605. The van der Waals surface area contributed by atoms with Gasteiger partial charge in [-0.05, 0) is 61.4 Å². The number of hydrogen-bond acceptors (Lipinski definition) is 6. The summed E-state index contributed by atoms with van der Waals surface area (Å²) in [6.07, 6.45) is 1.13. The Hall–Kier alpha value is -2.47. The second-order valence-electron chi connectivity index (χ2n) is 7.68. The summed E-state index contributed by atoms with van der Waals surface area (Å²) < 4.78 is 58.1. The van der Waals surface area contributed by atoms with Crippen molar-refractivity contribution >= 4 is 31.6 Å². The van der Waals surface area contributed by atoms with Crippen LogP contribution in [0.15, 0.2) is 58.3 Å². The van der Waals surface area contributed by atoms with Crippen LogP contribution in [0.3, 0.4) is 0 Å². The zero-order valence-electron chi connectivity index (χ0n) is 18.2. The Bertz CT molecular complexity index is 1160. The first-order chi connectivity index (χ1) is 15.1. The van der Waals surface area contributed by atoms with Gasteiger partial charge in [0.15, 0.2) is 0 Å². The number of nitrogens with zero attached hydrogens (tertiary/aromatic N) is 2. The third kappa shape index (κ3) is 5.12. The van der Waals surface area contributed by atoms with E-state index in [0.717, 1.165) is 4.31 Å². The van der Waals surface area contributed by atoms with Crippen LogP contribution in [-0.2, 0) is 24.8 Å². The molecule has 1 atom stereocenters. The molecule has 1 amide bonds. The van der Waals surface area contributed by atoms with Gasteiger partial charge in [-0.25, -0.2) is 21.1 Å². The summed E-state index contributed by atoms with van der Waals surface area (Å²) in [7, 11) is -3.15. The Balaban J connectivity index is 1.72. The van der Waals surface area contributed by atoms with Crippen LogP contribution in [0.5, 0.6) is 5.75 Å². The smallest absolute Gasteiger partial charge is 0.243 e. The maximum absolute atomic E-state index is 13.1. The fourth-order valence-corrected chi connectivity index (χ4v) is 5.86. The van der Waals surface area contributed by atoms with E-state index in [1.54, 1.807) is 31.4 Å². The molecule has 0 aromatic heterocycles. The summed E-state index contributed by atoms with van der Waals surface area (Å²) in [5.74, 6) is -0.0705. The Kier molecular flexibility index (Phi) is 7.23. The minimum atomic E-state index is -3.86. The molecule has 0 aliphatic carbocycles. The number of benzene rings is 2. The van der Waals surface area contributed by atoms with Crippen LogP contribution in [0.25, 0.3) is 0 Å². The predicted octanol–water partition coefficient (Wildman–Crippen LogP) is 1.98. The molecular weight excluding hydrogens is 454 g/mol. The van der Waals surface area contributed by atoms with E-state index < -0.39 is 26.0 Å². The lowest BCUT2D eigenvalue weighted by molar-refractivity contribution is -0.120. The number of hydrogen-bond donors (Lipinski definition) is 1. The highest BCUT2D eigenvalue weighted by molar-refractivity contribution is 7.89. The fraction of sp³-hybridized carbons (Fsp3) is 0.381. The maximum atomic E-state index is 13.1. The Labute approximate surface area is 189 Å². The number of sulfonamides is 2. The van der Waals surface area contributed by atoms with Crippen molar-refractivity contribution in [2.24, 2.45) is 5.92 Å². The monoisotopic (exact) mass is 481 g/mol. The summed E-state index contributed by atoms with van der Waals surface area (Å²) in [5, 5.41) is 2.82. The molecule has 11 heteroatoms. The molecule has 0 radical (unpaired) electrons. The van der Waals surface area contributed by atoms with Crippen molar-refractivity contribution in [2.75, 3.05) is 39.6 Å². The first-order valence-corrected chi connectivity index (χ1v) is 12.9. The van der Waals surface area contributed by atoms with Gasteiger partial charge in [0.05, 0.1) is 22.8 Å². The van der Waals surface area contributed by atoms with E-state index in [2.05, 4.69) is 5.32 Å². The Morgan fingerprint density at radius 3 is 2.16 bits per heavy atom. The molecule has 1 fully saturated rings. The number of methoxy groups -OCH3 is 1. The van der Waals surface area contributed by atoms with E-state index in [0.29, 0.717) is 30.8 Å². The van der Waals surface area contributed by atoms with Crippen LogP contribution in [0.1, 0.15) is 12.8 Å². The number of rotatable bonds is 7. The van der Waals surface area contributed by atoms with Gasteiger partial charge in [0.1, 0.15) is 5.75 Å². The second kappa shape index (κ2) is 9.57. The molecular formula is C21H27N3O6S2. The lowest BCUT2D eigenvalue weighted by atomic mass is 9.99. The topological polar surface area (TPSA) is 113 Å². The van der Waals surface area contributed by atoms with Crippen molar-refractivity contribution in [3.8, 4) is 5.75 Å². The summed E-state index contributed by atoms with van der Waals surface area (Å²) in [6, 6.07) is 12.0. The lowest BCUT2D eigenvalue weighted by Gasteiger charge is -2.31. The van der Waals surface area contributed by atoms with Crippen molar-refractivity contribution in [3.05, 3.63) is 48.5 Å². The molecule has 0 bridgehead atoms. The SMILES string of the molecule is COc1ccc(NC(=O)C2CCCN(S(=O)(=O)c3ccc(S(=O)(=O)N(C)C)cc3)C2)cc1. The summed E-state index contributed by atoms with van der Waals surface area (Å²) in [6.45, 7) is 0.356. The maximum Gasteiger partial charge on any atom is 0.243 e. The minimum absolute atomic E-state index is 0.00795. The number of anilines is 1. The van der Waals surface area contributed by atoms with Gasteiger partial charge in [-0.15, -0.1) is 0 Å². The highest BCUT2D eigenvalue weighted by Crippen LogP contribution is 2.26. The number of ether oxygens (including phenoxy) is 1. The third-order valence-electron chi connectivity index (χ3n) is 5.35. The molecule has 1 aliphatic heterocycles. The molecule has 1 unspecified atom stereocenters. The van der Waals surface area contributed by atoms with E-state index in [9.17, 15) is 21.6 Å². The van der Waals surface area contributed by atoms with Crippen LogP contribution < -0.4 is 10.1 Å². The number of amides is 1. The number of carbonyl (C=O) groups excluding carboxylic acids is 1. The van der Waals surface area contributed by atoms with E-state index >= 15 is 0 Å². The van der Waals surface area contributed by atoms with Crippen LogP contribution in [-0.4, -0.2) is 65.6 Å². The number of carbonyl (C=O) groups is 1. The molecule has 32 heavy (non-hydrogen) atoms. The molecule has 1 heterocycles. The van der Waals surface area contributed by atoms with Crippen molar-refractivity contribution < 1.29 is 26.4 Å². The van der Waals surface area contributed by atoms with Gasteiger partial charge < -0.3 is 10.1 Å². The molecule has 1 N–H and O–H groups in total. The van der Waals surface area contributed by atoms with Gasteiger partial charge in [0.2, 0.25) is 26.0 Å². The predicted molar refractivity (Wildman–Crippen MR) is 120 cm³/mol. The highest BCUT2D eigenvalue weighted by atomic mass is 32.2. The standard InChI is InChI=1S/C21H27N3O6S2/c1-23(2)31(26,27)19-10-12-20(13-11-19)32(28,29)24-14-4-5-16(15-24)21(25)22-17-6-8-18(30-3)9-7-17/h6-13,16H,4-5,14-15H2,1-3H3,(H,22,25). The average Bonchev–Trinajstić information content (AvgIpc) is 2.79. The largest absolute Gasteiger partial charge is 0.497 e. The van der Waals surface area contributed by atoms with Gasteiger partial charge in [-0.3, -0.25) is 4.79 Å². The molecule has 2 aromatic rings. The molecule has 3 rings (SSSR count). The van der Waals surface area contributed by atoms with E-state index in [1.165, 1.54) is 42.7 Å². The van der Waals surface area contributed by atoms with Crippen LogP contribution >= 0.6 is 0 Å². The summed E-state index contributed by atoms with van der Waals surface area (Å²) >= 11 is 0. The Morgan fingerprint density at radius 1 is 1.00 bits per heavy atom. The second-order valence-corrected chi connectivity index (χ2v) is 11.8. The van der Waals surface area contributed by atoms with Crippen LogP contribution in [0.4, 0.5) is 5.69 Å². The molecule has 9 nitrogen and oxygen atoms in total. The zero-order chi connectivity index (χ0) is 23.5. The van der Waals surface area contributed by atoms with E-state index in [4.69, 9.17) is 4.74 Å². The molecule has 1 saturated heterocycles. The van der Waals surface area contributed by atoms with Crippen LogP contribution in [0, 0.1) is 5.92 Å². The van der Waals surface area contributed by atoms with E-state index in [-0.39, 0.29) is 22.2 Å². The van der Waals surface area contributed by atoms with E-state index in [1.807, 2.05) is 0 Å². The lowest BCUT2D eigenvalue weighted by Crippen LogP contribution is -2.43. The minimum Gasteiger partial charge on any atom is -0.497 e. The van der Waals surface area contributed by atoms with Crippen molar-refractivity contribution in [1.29, 1.82) is 0 Å². The molecule has 174 valence electrons. The van der Waals surface area contributed by atoms with Gasteiger partial charge in [-0.2, -0.15) is 4.31 Å². The molecule has 2 aromatic carbocycles. The average molecular weight is 482 g/mol. The number of piperidine rings is 1. The van der Waals surface area contributed by atoms with Gasteiger partial charge >= 0.3 is 0 Å². The zero-order valence-corrected chi connectivity index (χ0v) is 19.8. The normalized spacial score (nSPS) is 17.8. The Morgan fingerprint density at radius 2 is 1.59 bits per heavy atom. The van der Waals surface area contributed by atoms with Gasteiger partial charge in [0.25, 0.3) is 0 Å². The highest BCUT2D eigenvalue weighted by Gasteiger charge is 2.33. The quantitative estimate of drug-likeness (QED) is 0.647. The molecule has 0 spiro atoms. The summed E-state index contributed by atoms with van der Waals surface area (Å²) in [4.78, 5) is 12.7. The first-order valence-electron chi connectivity index (χ1n) is 10.0. The van der Waals surface area contributed by atoms with Crippen LogP contribution in [0.2, 0.25) is 0 Å². The van der Waals surface area contributed by atoms with Crippen molar-refractivity contribution in [3.63, 3.8) is 0 Å². The van der Waals surface area contributed by atoms with Gasteiger partial charge in [0, 0.05) is 32.9 Å². The third-order valence-corrected chi connectivity index (χ3v) is 9.06.